The van der Waals surface area contributed by atoms with Crippen molar-refractivity contribution in [1.82, 2.24) is 0 Å². The highest BCUT2D eigenvalue weighted by Gasteiger charge is 1.98. The quantitative estimate of drug-likeness (QED) is 0.263. The van der Waals surface area contributed by atoms with Crippen LogP contribution in [0.15, 0.2) is 36.9 Å². The average Bonchev–Trinajstić information content (AvgIpc) is 2.70. The number of aromatic hydroxyl groups is 1. The molecule has 0 unspecified atom stereocenters. The van der Waals surface area contributed by atoms with E-state index < -0.39 is 5.97 Å². The highest BCUT2D eigenvalue weighted by atomic mass is 16.4. The van der Waals surface area contributed by atoms with Crippen molar-refractivity contribution in [1.29, 1.82) is 0 Å². The number of carboxylic acid groups (broad SMARTS) is 1. The summed E-state index contributed by atoms with van der Waals surface area (Å²) in [6.45, 7) is 7.73. The van der Waals surface area contributed by atoms with Crippen LogP contribution in [0.5, 0.6) is 5.75 Å². The summed E-state index contributed by atoms with van der Waals surface area (Å²) in [5.41, 5.74) is 1.09. The van der Waals surface area contributed by atoms with Crippen LogP contribution in [0.1, 0.15) is 90.0 Å². The smallest absolute Gasteiger partial charge is 0.327 e. The van der Waals surface area contributed by atoms with E-state index in [1.54, 1.807) is 6.07 Å². The Labute approximate surface area is 172 Å². The van der Waals surface area contributed by atoms with Crippen LogP contribution >= 0.6 is 0 Å². The number of carboxylic acids is 1. The Bertz CT molecular complexity index is 467. The van der Waals surface area contributed by atoms with Crippen LogP contribution in [-0.2, 0) is 11.2 Å². The van der Waals surface area contributed by atoms with Crippen molar-refractivity contribution in [2.45, 2.75) is 90.9 Å². The summed E-state index contributed by atoms with van der Waals surface area (Å²) in [5.74, 6) is -0.529. The molecule has 0 radical (unpaired) electrons. The zero-order chi connectivity index (χ0) is 21.5. The molecule has 4 heteroatoms. The van der Waals surface area contributed by atoms with Gasteiger partial charge in [0.05, 0.1) is 0 Å². The van der Waals surface area contributed by atoms with Crippen molar-refractivity contribution < 1.29 is 20.1 Å². The summed E-state index contributed by atoms with van der Waals surface area (Å²) in [7, 11) is 0. The molecule has 0 aromatic heterocycles. The molecule has 1 aromatic carbocycles. The van der Waals surface area contributed by atoms with Crippen molar-refractivity contribution >= 4 is 5.97 Å². The minimum Gasteiger partial charge on any atom is -0.508 e. The van der Waals surface area contributed by atoms with Gasteiger partial charge in [0.25, 0.3) is 0 Å². The van der Waals surface area contributed by atoms with Crippen LogP contribution in [-0.4, -0.2) is 27.9 Å². The molecule has 3 N–H and O–H groups in total. The maximum absolute atomic E-state index is 9.58. The van der Waals surface area contributed by atoms with Gasteiger partial charge in [-0.25, -0.2) is 4.79 Å². The molecule has 0 aliphatic heterocycles. The average molecular weight is 395 g/mol. The lowest BCUT2D eigenvalue weighted by Gasteiger charge is -2.04. The number of aryl methyl sites for hydroxylation is 1. The van der Waals surface area contributed by atoms with E-state index in [9.17, 15) is 9.90 Å². The number of benzene rings is 1. The molecule has 0 fully saturated rings. The third kappa shape index (κ3) is 22.2. The van der Waals surface area contributed by atoms with Gasteiger partial charge in [-0.3, -0.25) is 0 Å². The molecule has 0 saturated carbocycles. The van der Waals surface area contributed by atoms with Gasteiger partial charge in [-0.05, 0) is 30.9 Å². The highest BCUT2D eigenvalue weighted by Crippen LogP contribution is 2.18. The fourth-order valence-corrected chi connectivity index (χ4v) is 2.53. The number of hydrogen-bond donors (Lipinski definition) is 3. The first-order valence-electron chi connectivity index (χ1n) is 10.8. The molecule has 0 saturated heterocycles. The van der Waals surface area contributed by atoms with Crippen LogP contribution in [0, 0.1) is 0 Å². The first-order chi connectivity index (χ1) is 13.5. The number of rotatable bonds is 13. The van der Waals surface area contributed by atoms with Gasteiger partial charge in [-0.1, -0.05) is 96.4 Å². The summed E-state index contributed by atoms with van der Waals surface area (Å²) in [5, 5.41) is 25.5. The van der Waals surface area contributed by atoms with E-state index in [-0.39, 0.29) is 0 Å². The van der Waals surface area contributed by atoms with Crippen molar-refractivity contribution in [3.63, 3.8) is 0 Å². The van der Waals surface area contributed by atoms with E-state index in [2.05, 4.69) is 20.4 Å². The SMILES string of the molecule is C=CC(=O)O.CCCCCCCCCc1ccccc1O.CCCCCCO. The van der Waals surface area contributed by atoms with E-state index in [0.29, 0.717) is 12.4 Å². The number of unbranched alkanes of at least 4 members (excludes halogenated alkanes) is 9. The molecule has 28 heavy (non-hydrogen) atoms. The minimum atomic E-state index is -0.981. The number of aliphatic hydroxyl groups is 1. The predicted molar refractivity (Wildman–Crippen MR) is 119 cm³/mol. The van der Waals surface area contributed by atoms with Gasteiger partial charge in [-0.15, -0.1) is 0 Å². The number of hydrogen-bond acceptors (Lipinski definition) is 3. The van der Waals surface area contributed by atoms with Crippen LogP contribution in [0.25, 0.3) is 0 Å². The highest BCUT2D eigenvalue weighted by molar-refractivity contribution is 5.78. The molecule has 4 nitrogen and oxygen atoms in total. The molecule has 0 heterocycles. The Morgan fingerprint density at radius 1 is 0.893 bits per heavy atom. The van der Waals surface area contributed by atoms with Crippen molar-refractivity contribution in [2.75, 3.05) is 6.61 Å². The third-order valence-corrected chi connectivity index (χ3v) is 4.23. The number of aliphatic hydroxyl groups excluding tert-OH is 1. The lowest BCUT2D eigenvalue weighted by molar-refractivity contribution is -0.131. The molecule has 0 aliphatic carbocycles. The van der Waals surface area contributed by atoms with Gasteiger partial charge in [0.2, 0.25) is 0 Å². The number of aliphatic carboxylic acids is 1. The normalized spacial score (nSPS) is 9.54. The third-order valence-electron chi connectivity index (χ3n) is 4.23. The monoisotopic (exact) mass is 394 g/mol. The van der Waals surface area contributed by atoms with Crippen molar-refractivity contribution in [3.05, 3.63) is 42.5 Å². The molecule has 0 spiro atoms. The summed E-state index contributed by atoms with van der Waals surface area (Å²) < 4.78 is 0. The summed E-state index contributed by atoms with van der Waals surface area (Å²) in [6, 6.07) is 7.67. The topological polar surface area (TPSA) is 77.8 Å². The van der Waals surface area contributed by atoms with Crippen LogP contribution in [0.3, 0.4) is 0 Å². The fraction of sp³-hybridized carbons (Fsp3) is 0.625. The summed E-state index contributed by atoms with van der Waals surface area (Å²) >= 11 is 0. The van der Waals surface area contributed by atoms with Crippen LogP contribution in [0.2, 0.25) is 0 Å². The predicted octanol–water partition coefficient (Wildman–Crippen LogP) is 6.50. The zero-order valence-corrected chi connectivity index (χ0v) is 18.0. The van der Waals surface area contributed by atoms with E-state index in [4.69, 9.17) is 10.2 Å². The number of phenols is 1. The molecule has 0 amide bonds. The first kappa shape index (κ1) is 28.4. The number of phenolic OH excluding ortho intramolecular Hbond substituents is 1. The molecule has 0 aliphatic rings. The van der Waals surface area contributed by atoms with E-state index >= 15 is 0 Å². The Kier molecular flexibility index (Phi) is 23.6. The van der Waals surface area contributed by atoms with E-state index in [0.717, 1.165) is 24.5 Å². The molecule has 0 bridgehead atoms. The Hall–Kier alpha value is -1.81. The van der Waals surface area contributed by atoms with Crippen molar-refractivity contribution in [3.8, 4) is 5.75 Å². The van der Waals surface area contributed by atoms with Crippen molar-refractivity contribution in [2.24, 2.45) is 0 Å². The lowest BCUT2D eigenvalue weighted by atomic mass is 10.0. The summed E-state index contributed by atoms with van der Waals surface area (Å²) in [4.78, 5) is 9.25. The number of carbonyl (C=O) groups is 1. The second kappa shape index (κ2) is 23.2. The van der Waals surface area contributed by atoms with E-state index in [1.165, 1.54) is 64.2 Å². The molecule has 162 valence electrons. The molecular weight excluding hydrogens is 352 g/mol. The Morgan fingerprint density at radius 2 is 1.36 bits per heavy atom. The Balaban J connectivity index is 0. The van der Waals surface area contributed by atoms with Gasteiger partial charge in [0.1, 0.15) is 5.75 Å². The van der Waals surface area contributed by atoms with Crippen LogP contribution < -0.4 is 0 Å². The molecule has 1 aromatic rings. The number of para-hydroxylation sites is 1. The molecule has 0 atom stereocenters. The van der Waals surface area contributed by atoms with Gasteiger partial charge < -0.3 is 15.3 Å². The van der Waals surface area contributed by atoms with Gasteiger partial charge in [0.15, 0.2) is 0 Å². The maximum atomic E-state index is 9.58. The van der Waals surface area contributed by atoms with Crippen LogP contribution in [0.4, 0.5) is 0 Å². The van der Waals surface area contributed by atoms with Gasteiger partial charge >= 0.3 is 5.97 Å². The minimum absolute atomic E-state index is 0.361. The van der Waals surface area contributed by atoms with E-state index in [1.807, 2.05) is 18.2 Å². The van der Waals surface area contributed by atoms with Gasteiger partial charge in [-0.2, -0.15) is 0 Å². The second-order valence-corrected chi connectivity index (χ2v) is 6.83. The molecule has 1 rings (SSSR count). The maximum Gasteiger partial charge on any atom is 0.327 e. The standard InChI is InChI=1S/C15H24O.C6H14O.C3H4O2/c1-2-3-4-5-6-7-8-11-14-12-9-10-13-15(14)16;1-2-3-4-5-6-7;1-2-3(4)5/h9-10,12-13,16H,2-8,11H2,1H3;7H,2-6H2,1H3;2H,1H2,(H,4,5). The summed E-state index contributed by atoms with van der Waals surface area (Å²) in [6.07, 6.45) is 15.8. The van der Waals surface area contributed by atoms with Gasteiger partial charge in [0, 0.05) is 12.7 Å². The lowest BCUT2D eigenvalue weighted by Crippen LogP contribution is -1.87. The first-order valence-corrected chi connectivity index (χ1v) is 10.8. The second-order valence-electron chi connectivity index (χ2n) is 6.83. The Morgan fingerprint density at radius 3 is 1.82 bits per heavy atom. The fourth-order valence-electron chi connectivity index (χ4n) is 2.53. The zero-order valence-electron chi connectivity index (χ0n) is 18.0. The largest absolute Gasteiger partial charge is 0.508 e. The molecular formula is C24H42O4.